The molecule has 0 spiro atoms. The van der Waals surface area contributed by atoms with Crippen molar-refractivity contribution < 1.29 is 9.53 Å². The Morgan fingerprint density at radius 2 is 2.09 bits per heavy atom. The van der Waals surface area contributed by atoms with Crippen LogP contribution in [0.4, 0.5) is 0 Å². The smallest absolute Gasteiger partial charge is 0.293 e. The van der Waals surface area contributed by atoms with Crippen LogP contribution in [-0.4, -0.2) is 37.6 Å². The van der Waals surface area contributed by atoms with Crippen molar-refractivity contribution in [3.63, 3.8) is 0 Å². The Labute approximate surface area is 67.3 Å². The first-order valence-corrected chi connectivity index (χ1v) is 4.21. The highest BCUT2D eigenvalue weighted by molar-refractivity contribution is 5.36. The molecular weight excluding hydrogens is 142 g/mol. The first kappa shape index (κ1) is 8.53. The number of hydrogen-bond acceptors (Lipinski definition) is 3. The van der Waals surface area contributed by atoms with Gasteiger partial charge in [0, 0.05) is 6.54 Å². The van der Waals surface area contributed by atoms with Gasteiger partial charge in [0.25, 0.3) is 6.47 Å². The maximum atomic E-state index is 9.77. The summed E-state index contributed by atoms with van der Waals surface area (Å²) < 4.78 is 4.59. The average molecular weight is 157 g/mol. The topological polar surface area (TPSA) is 29.5 Å². The summed E-state index contributed by atoms with van der Waals surface area (Å²) in [5, 5.41) is 0. The third-order valence-electron chi connectivity index (χ3n) is 2.00. The predicted molar refractivity (Wildman–Crippen MR) is 42.3 cm³/mol. The molecule has 1 fully saturated rings. The first-order chi connectivity index (χ1) is 5.43. The number of ether oxygens (including phenoxy) is 1. The van der Waals surface area contributed by atoms with Crippen molar-refractivity contribution in [1.82, 2.24) is 4.90 Å². The van der Waals surface area contributed by atoms with E-state index < -0.39 is 0 Å². The van der Waals surface area contributed by atoms with Crippen molar-refractivity contribution in [2.45, 2.75) is 19.3 Å². The highest BCUT2D eigenvalue weighted by atomic mass is 16.5. The van der Waals surface area contributed by atoms with E-state index in [9.17, 15) is 4.79 Å². The van der Waals surface area contributed by atoms with Crippen molar-refractivity contribution in [2.24, 2.45) is 0 Å². The van der Waals surface area contributed by atoms with Gasteiger partial charge in [-0.05, 0) is 32.4 Å². The minimum absolute atomic E-state index is 0.518. The lowest BCUT2D eigenvalue weighted by atomic mass is 10.4. The van der Waals surface area contributed by atoms with Gasteiger partial charge in [0.05, 0.1) is 6.61 Å². The van der Waals surface area contributed by atoms with Crippen LogP contribution in [0, 0.1) is 0 Å². The Hall–Kier alpha value is -0.570. The van der Waals surface area contributed by atoms with Gasteiger partial charge in [-0.2, -0.15) is 0 Å². The van der Waals surface area contributed by atoms with Gasteiger partial charge in [-0.15, -0.1) is 0 Å². The van der Waals surface area contributed by atoms with Crippen LogP contribution in [0.5, 0.6) is 0 Å². The van der Waals surface area contributed by atoms with E-state index in [1.165, 1.54) is 25.9 Å². The van der Waals surface area contributed by atoms with Crippen molar-refractivity contribution in [2.75, 3.05) is 26.2 Å². The molecular formula is C8H15NO2. The third kappa shape index (κ3) is 3.37. The fourth-order valence-electron chi connectivity index (χ4n) is 1.43. The molecule has 1 aliphatic heterocycles. The lowest BCUT2D eigenvalue weighted by Crippen LogP contribution is -2.21. The van der Waals surface area contributed by atoms with Crippen LogP contribution in [0.15, 0.2) is 0 Å². The van der Waals surface area contributed by atoms with Crippen molar-refractivity contribution in [3.8, 4) is 0 Å². The number of likely N-dealkylation sites (tertiary alicyclic amines) is 1. The second-order valence-corrected chi connectivity index (χ2v) is 2.87. The minimum Gasteiger partial charge on any atom is -0.468 e. The quantitative estimate of drug-likeness (QED) is 0.433. The summed E-state index contributed by atoms with van der Waals surface area (Å²) in [4.78, 5) is 12.2. The normalized spacial score (nSPS) is 18.5. The number of rotatable bonds is 5. The van der Waals surface area contributed by atoms with Gasteiger partial charge in [-0.1, -0.05) is 0 Å². The largest absolute Gasteiger partial charge is 0.468 e. The summed E-state index contributed by atoms with van der Waals surface area (Å²) in [6.07, 6.45) is 3.63. The molecule has 0 unspecified atom stereocenters. The molecule has 0 aromatic rings. The van der Waals surface area contributed by atoms with E-state index in [1.807, 2.05) is 0 Å². The molecule has 0 radical (unpaired) electrons. The van der Waals surface area contributed by atoms with E-state index in [1.54, 1.807) is 0 Å². The van der Waals surface area contributed by atoms with Crippen LogP contribution in [-0.2, 0) is 9.53 Å². The highest BCUT2D eigenvalue weighted by Gasteiger charge is 2.09. The lowest BCUT2D eigenvalue weighted by Gasteiger charge is -2.12. The summed E-state index contributed by atoms with van der Waals surface area (Å²) in [6, 6.07) is 0. The molecule has 0 aromatic heterocycles. The maximum absolute atomic E-state index is 9.77. The molecule has 1 aliphatic rings. The zero-order chi connectivity index (χ0) is 7.94. The molecule has 0 saturated carbocycles. The summed E-state index contributed by atoms with van der Waals surface area (Å²) in [6.45, 7) is 4.61. The number of carbonyl (C=O) groups is 1. The van der Waals surface area contributed by atoms with Gasteiger partial charge in [0.1, 0.15) is 0 Å². The molecule has 11 heavy (non-hydrogen) atoms. The molecule has 3 heteroatoms. The van der Waals surface area contributed by atoms with Gasteiger partial charge in [-0.25, -0.2) is 0 Å². The summed E-state index contributed by atoms with van der Waals surface area (Å²) >= 11 is 0. The van der Waals surface area contributed by atoms with E-state index in [-0.39, 0.29) is 0 Å². The van der Waals surface area contributed by atoms with Crippen molar-refractivity contribution in [3.05, 3.63) is 0 Å². The van der Waals surface area contributed by atoms with Crippen molar-refractivity contribution >= 4 is 6.47 Å². The minimum atomic E-state index is 0.518. The second-order valence-electron chi connectivity index (χ2n) is 2.87. The number of carbonyl (C=O) groups excluding carboxylic acids is 1. The molecule has 0 N–H and O–H groups in total. The van der Waals surface area contributed by atoms with E-state index in [2.05, 4.69) is 9.64 Å². The summed E-state index contributed by atoms with van der Waals surface area (Å²) in [5.41, 5.74) is 0. The van der Waals surface area contributed by atoms with Crippen LogP contribution in [0.3, 0.4) is 0 Å². The molecule has 0 amide bonds. The van der Waals surface area contributed by atoms with Gasteiger partial charge < -0.3 is 9.64 Å². The average Bonchev–Trinajstić information content (AvgIpc) is 2.50. The fourth-order valence-corrected chi connectivity index (χ4v) is 1.43. The Bertz CT molecular complexity index is 111. The molecule has 0 bridgehead atoms. The highest BCUT2D eigenvalue weighted by Crippen LogP contribution is 2.06. The van der Waals surface area contributed by atoms with Gasteiger partial charge in [0.15, 0.2) is 0 Å². The SMILES string of the molecule is O=COCCCN1CCCC1. The lowest BCUT2D eigenvalue weighted by molar-refractivity contribution is -0.128. The molecule has 1 rings (SSSR count). The van der Waals surface area contributed by atoms with Crippen LogP contribution in [0.1, 0.15) is 19.3 Å². The van der Waals surface area contributed by atoms with E-state index in [0.29, 0.717) is 13.1 Å². The van der Waals surface area contributed by atoms with E-state index in [4.69, 9.17) is 0 Å². The Morgan fingerprint density at radius 3 is 2.73 bits per heavy atom. The van der Waals surface area contributed by atoms with Gasteiger partial charge >= 0.3 is 0 Å². The van der Waals surface area contributed by atoms with E-state index >= 15 is 0 Å². The Balaban J connectivity index is 1.89. The number of nitrogens with zero attached hydrogens (tertiary/aromatic N) is 1. The third-order valence-corrected chi connectivity index (χ3v) is 2.00. The van der Waals surface area contributed by atoms with Gasteiger partial charge in [-0.3, -0.25) is 4.79 Å². The summed E-state index contributed by atoms with van der Waals surface area (Å²) in [7, 11) is 0. The second kappa shape index (κ2) is 5.13. The molecule has 1 heterocycles. The van der Waals surface area contributed by atoms with Crippen LogP contribution >= 0.6 is 0 Å². The predicted octanol–water partition coefficient (Wildman–Crippen LogP) is 0.645. The molecule has 3 nitrogen and oxygen atoms in total. The standard InChI is InChI=1S/C8H15NO2/c10-8-11-7-3-6-9-4-1-2-5-9/h8H,1-7H2. The molecule has 0 aromatic carbocycles. The maximum Gasteiger partial charge on any atom is 0.293 e. The zero-order valence-corrected chi connectivity index (χ0v) is 6.79. The Morgan fingerprint density at radius 1 is 1.36 bits per heavy atom. The molecule has 0 aliphatic carbocycles. The van der Waals surface area contributed by atoms with E-state index in [0.717, 1.165) is 13.0 Å². The molecule has 1 saturated heterocycles. The fraction of sp³-hybridized carbons (Fsp3) is 0.875. The van der Waals surface area contributed by atoms with Gasteiger partial charge in [0.2, 0.25) is 0 Å². The number of hydrogen-bond donors (Lipinski definition) is 0. The van der Waals surface area contributed by atoms with Crippen molar-refractivity contribution in [1.29, 1.82) is 0 Å². The zero-order valence-electron chi connectivity index (χ0n) is 6.79. The first-order valence-electron chi connectivity index (χ1n) is 4.21. The van der Waals surface area contributed by atoms with Crippen LogP contribution in [0.25, 0.3) is 0 Å². The van der Waals surface area contributed by atoms with Crippen LogP contribution < -0.4 is 0 Å². The van der Waals surface area contributed by atoms with Crippen LogP contribution in [0.2, 0.25) is 0 Å². The summed E-state index contributed by atoms with van der Waals surface area (Å²) in [5.74, 6) is 0. The molecule has 64 valence electrons. The monoisotopic (exact) mass is 157 g/mol. The Kier molecular flexibility index (Phi) is 3.98. The molecule has 0 atom stereocenters.